The van der Waals surface area contributed by atoms with E-state index in [0.717, 1.165) is 18.8 Å². The maximum absolute atomic E-state index is 10.9. The molecule has 2 fully saturated rings. The van der Waals surface area contributed by atoms with Gasteiger partial charge in [0, 0.05) is 6.04 Å². The lowest BCUT2D eigenvalue weighted by Gasteiger charge is -2.13. The maximum Gasteiger partial charge on any atom is 0.320 e. The van der Waals surface area contributed by atoms with Gasteiger partial charge in [-0.25, -0.2) is 0 Å². The molecule has 3 heteroatoms. The van der Waals surface area contributed by atoms with E-state index in [-0.39, 0.29) is 6.04 Å². The van der Waals surface area contributed by atoms with Crippen LogP contribution in [-0.2, 0) is 4.79 Å². The SMILES string of the molecule is CCCC1CC1NC(C(=O)O)C1CC1. The summed E-state index contributed by atoms with van der Waals surface area (Å²) in [5, 5.41) is 12.3. The molecule has 0 aromatic heterocycles. The van der Waals surface area contributed by atoms with E-state index in [0.29, 0.717) is 12.0 Å². The number of carboxylic acids is 1. The highest BCUT2D eigenvalue weighted by molar-refractivity contribution is 5.74. The first-order valence-corrected chi connectivity index (χ1v) is 5.71. The van der Waals surface area contributed by atoms with Gasteiger partial charge < -0.3 is 10.4 Å². The molecular weight excluding hydrogens is 178 g/mol. The fourth-order valence-electron chi connectivity index (χ4n) is 2.21. The Morgan fingerprint density at radius 1 is 1.57 bits per heavy atom. The van der Waals surface area contributed by atoms with E-state index in [1.165, 1.54) is 19.3 Å². The van der Waals surface area contributed by atoms with E-state index in [2.05, 4.69) is 12.2 Å². The molecular formula is C11H19NO2. The molecule has 0 amide bonds. The highest BCUT2D eigenvalue weighted by atomic mass is 16.4. The highest BCUT2D eigenvalue weighted by Gasteiger charge is 2.43. The number of rotatable bonds is 6. The van der Waals surface area contributed by atoms with Crippen molar-refractivity contribution in [2.75, 3.05) is 0 Å². The fraction of sp³-hybridized carbons (Fsp3) is 0.909. The van der Waals surface area contributed by atoms with Crippen LogP contribution in [0.5, 0.6) is 0 Å². The third-order valence-electron chi connectivity index (χ3n) is 3.34. The molecule has 0 heterocycles. The molecule has 2 N–H and O–H groups in total. The second kappa shape index (κ2) is 3.89. The Morgan fingerprint density at radius 2 is 2.29 bits per heavy atom. The van der Waals surface area contributed by atoms with Gasteiger partial charge in [0.05, 0.1) is 0 Å². The van der Waals surface area contributed by atoms with Crippen LogP contribution in [0.2, 0.25) is 0 Å². The van der Waals surface area contributed by atoms with Gasteiger partial charge in [-0.15, -0.1) is 0 Å². The minimum absolute atomic E-state index is 0.262. The first-order valence-electron chi connectivity index (χ1n) is 5.71. The molecule has 14 heavy (non-hydrogen) atoms. The van der Waals surface area contributed by atoms with Gasteiger partial charge in [0.1, 0.15) is 6.04 Å². The Balaban J connectivity index is 1.75. The van der Waals surface area contributed by atoms with E-state index < -0.39 is 5.97 Å². The summed E-state index contributed by atoms with van der Waals surface area (Å²) in [4.78, 5) is 10.9. The van der Waals surface area contributed by atoms with Crippen molar-refractivity contribution < 1.29 is 9.90 Å². The van der Waals surface area contributed by atoms with Crippen molar-refractivity contribution >= 4 is 5.97 Å². The van der Waals surface area contributed by atoms with Gasteiger partial charge in [-0.3, -0.25) is 4.79 Å². The quantitative estimate of drug-likeness (QED) is 0.680. The molecule has 0 radical (unpaired) electrons. The monoisotopic (exact) mass is 197 g/mol. The zero-order chi connectivity index (χ0) is 10.1. The average molecular weight is 197 g/mol. The number of carboxylic acid groups (broad SMARTS) is 1. The minimum Gasteiger partial charge on any atom is -0.480 e. The molecule has 3 atom stereocenters. The van der Waals surface area contributed by atoms with Gasteiger partial charge in [-0.2, -0.15) is 0 Å². The van der Waals surface area contributed by atoms with Crippen LogP contribution < -0.4 is 5.32 Å². The molecule has 0 spiro atoms. The van der Waals surface area contributed by atoms with Crippen LogP contribution in [0, 0.1) is 11.8 Å². The normalized spacial score (nSPS) is 32.6. The zero-order valence-electron chi connectivity index (χ0n) is 8.70. The molecule has 2 aliphatic carbocycles. The van der Waals surface area contributed by atoms with Crippen LogP contribution >= 0.6 is 0 Å². The van der Waals surface area contributed by atoms with Gasteiger partial charge in [-0.1, -0.05) is 13.3 Å². The van der Waals surface area contributed by atoms with Crippen molar-refractivity contribution in [2.24, 2.45) is 11.8 Å². The summed E-state index contributed by atoms with van der Waals surface area (Å²) in [6.45, 7) is 2.19. The first kappa shape index (κ1) is 9.97. The Kier molecular flexibility index (Phi) is 2.77. The molecule has 3 nitrogen and oxygen atoms in total. The third kappa shape index (κ3) is 2.27. The Labute approximate surface area is 84.9 Å². The molecule has 0 aromatic rings. The van der Waals surface area contributed by atoms with Crippen LogP contribution in [0.3, 0.4) is 0 Å². The van der Waals surface area contributed by atoms with Gasteiger partial charge in [-0.05, 0) is 37.5 Å². The maximum atomic E-state index is 10.9. The Morgan fingerprint density at radius 3 is 2.79 bits per heavy atom. The number of aliphatic carboxylic acids is 1. The largest absolute Gasteiger partial charge is 0.480 e. The van der Waals surface area contributed by atoms with E-state index in [4.69, 9.17) is 5.11 Å². The lowest BCUT2D eigenvalue weighted by atomic mass is 10.1. The number of hydrogen-bond acceptors (Lipinski definition) is 2. The second-order valence-electron chi connectivity index (χ2n) is 4.71. The van der Waals surface area contributed by atoms with E-state index in [1.807, 2.05) is 0 Å². The van der Waals surface area contributed by atoms with Crippen molar-refractivity contribution in [2.45, 2.75) is 51.1 Å². The first-order chi connectivity index (χ1) is 6.72. The lowest BCUT2D eigenvalue weighted by Crippen LogP contribution is -2.40. The summed E-state index contributed by atoms with van der Waals surface area (Å²) < 4.78 is 0. The van der Waals surface area contributed by atoms with Crippen molar-refractivity contribution in [3.8, 4) is 0 Å². The van der Waals surface area contributed by atoms with Crippen molar-refractivity contribution in [1.82, 2.24) is 5.32 Å². The Bertz CT molecular complexity index is 225. The predicted molar refractivity (Wildman–Crippen MR) is 54.1 cm³/mol. The minimum atomic E-state index is -0.658. The van der Waals surface area contributed by atoms with Crippen LogP contribution in [0.25, 0.3) is 0 Å². The summed E-state index contributed by atoms with van der Waals surface area (Å²) in [7, 11) is 0. The van der Waals surface area contributed by atoms with E-state index >= 15 is 0 Å². The molecule has 2 aliphatic rings. The van der Waals surface area contributed by atoms with E-state index in [9.17, 15) is 4.79 Å². The summed E-state index contributed by atoms with van der Waals surface area (Å²) in [5.41, 5.74) is 0. The molecule has 3 unspecified atom stereocenters. The summed E-state index contributed by atoms with van der Waals surface area (Å²) in [5.74, 6) is 0.505. The summed E-state index contributed by atoms with van der Waals surface area (Å²) in [6, 6.07) is 0.235. The fourth-order valence-corrected chi connectivity index (χ4v) is 2.21. The molecule has 80 valence electrons. The molecule has 2 rings (SSSR count). The molecule has 0 saturated heterocycles. The van der Waals surface area contributed by atoms with Crippen LogP contribution in [-0.4, -0.2) is 23.2 Å². The molecule has 0 aromatic carbocycles. The van der Waals surface area contributed by atoms with Crippen molar-refractivity contribution in [1.29, 1.82) is 0 Å². The van der Waals surface area contributed by atoms with Crippen LogP contribution in [0.4, 0.5) is 0 Å². The molecule has 2 saturated carbocycles. The number of hydrogen-bond donors (Lipinski definition) is 2. The van der Waals surface area contributed by atoms with E-state index in [1.54, 1.807) is 0 Å². The number of nitrogens with one attached hydrogen (secondary N) is 1. The molecule has 0 bridgehead atoms. The van der Waals surface area contributed by atoms with Gasteiger partial charge >= 0.3 is 5.97 Å². The van der Waals surface area contributed by atoms with Gasteiger partial charge in [0.2, 0.25) is 0 Å². The lowest BCUT2D eigenvalue weighted by molar-refractivity contribution is -0.140. The molecule has 0 aliphatic heterocycles. The van der Waals surface area contributed by atoms with Gasteiger partial charge in [0.25, 0.3) is 0 Å². The standard InChI is InChI=1S/C11H19NO2/c1-2-3-8-6-9(8)12-10(11(13)14)7-4-5-7/h7-10,12H,2-6H2,1H3,(H,13,14). The van der Waals surface area contributed by atoms with Crippen LogP contribution in [0.15, 0.2) is 0 Å². The average Bonchev–Trinajstić information content (AvgIpc) is 2.95. The smallest absolute Gasteiger partial charge is 0.320 e. The van der Waals surface area contributed by atoms with Crippen molar-refractivity contribution in [3.05, 3.63) is 0 Å². The second-order valence-corrected chi connectivity index (χ2v) is 4.71. The van der Waals surface area contributed by atoms with Crippen molar-refractivity contribution in [3.63, 3.8) is 0 Å². The zero-order valence-corrected chi connectivity index (χ0v) is 8.70. The summed E-state index contributed by atoms with van der Waals surface area (Å²) >= 11 is 0. The van der Waals surface area contributed by atoms with Gasteiger partial charge in [0.15, 0.2) is 0 Å². The van der Waals surface area contributed by atoms with Crippen LogP contribution in [0.1, 0.15) is 39.0 Å². The predicted octanol–water partition coefficient (Wildman–Crippen LogP) is 1.63. The highest BCUT2D eigenvalue weighted by Crippen LogP contribution is 2.38. The Hall–Kier alpha value is -0.570. The number of carbonyl (C=O) groups is 1. The third-order valence-corrected chi connectivity index (χ3v) is 3.34. The topological polar surface area (TPSA) is 49.3 Å². The summed E-state index contributed by atoms with van der Waals surface area (Å²) in [6.07, 6.45) is 5.83.